The molecule has 0 spiro atoms. The highest BCUT2D eigenvalue weighted by molar-refractivity contribution is 5.30. The van der Waals surface area contributed by atoms with Crippen LogP contribution in [0.25, 0.3) is 0 Å². The zero-order chi connectivity index (χ0) is 10.7. The second-order valence-corrected chi connectivity index (χ2v) is 3.57. The van der Waals surface area contributed by atoms with E-state index in [-0.39, 0.29) is 11.9 Å². The van der Waals surface area contributed by atoms with Gasteiger partial charge in [0.05, 0.1) is 0 Å². The van der Waals surface area contributed by atoms with Gasteiger partial charge in [0.1, 0.15) is 12.0 Å². The molecular formula is C10H15N3O2. The molecule has 1 saturated heterocycles. The Bertz CT molecular complexity index is 382. The predicted molar refractivity (Wildman–Crippen MR) is 56.9 cm³/mol. The minimum Gasteiger partial charge on any atom is -0.373 e. The Kier molecular flexibility index (Phi) is 3.01. The van der Waals surface area contributed by atoms with E-state index in [0.29, 0.717) is 5.82 Å². The third-order valence-corrected chi connectivity index (χ3v) is 2.55. The lowest BCUT2D eigenvalue weighted by atomic mass is 10.2. The molecule has 1 N–H and O–H groups in total. The van der Waals surface area contributed by atoms with E-state index >= 15 is 0 Å². The number of nitrogens with one attached hydrogen (secondary N) is 1. The summed E-state index contributed by atoms with van der Waals surface area (Å²) >= 11 is 0. The van der Waals surface area contributed by atoms with Gasteiger partial charge in [0.25, 0.3) is 0 Å². The Labute approximate surface area is 88.1 Å². The summed E-state index contributed by atoms with van der Waals surface area (Å²) in [7, 11) is 1.74. The topological polar surface area (TPSA) is 56.2 Å². The highest BCUT2D eigenvalue weighted by Crippen LogP contribution is 2.20. The van der Waals surface area contributed by atoms with Crippen LogP contribution in [0.5, 0.6) is 0 Å². The van der Waals surface area contributed by atoms with Crippen LogP contribution < -0.4 is 11.0 Å². The number of rotatable bonds is 2. The summed E-state index contributed by atoms with van der Waals surface area (Å²) in [4.78, 5) is 15.5. The van der Waals surface area contributed by atoms with Gasteiger partial charge in [-0.3, -0.25) is 4.57 Å². The molecule has 82 valence electrons. The molecule has 1 aromatic rings. The van der Waals surface area contributed by atoms with Crippen LogP contribution >= 0.6 is 0 Å². The van der Waals surface area contributed by atoms with Crippen molar-refractivity contribution in [3.63, 3.8) is 0 Å². The van der Waals surface area contributed by atoms with Gasteiger partial charge in [-0.2, -0.15) is 4.98 Å². The second-order valence-electron chi connectivity index (χ2n) is 3.57. The SMILES string of the molecule is CNc1ccn(C2CCCCO2)c(=O)n1. The zero-order valence-corrected chi connectivity index (χ0v) is 8.77. The smallest absolute Gasteiger partial charge is 0.351 e. The molecule has 1 aromatic heterocycles. The molecule has 0 saturated carbocycles. The lowest BCUT2D eigenvalue weighted by Crippen LogP contribution is -2.30. The monoisotopic (exact) mass is 209 g/mol. The summed E-state index contributed by atoms with van der Waals surface area (Å²) in [6.07, 6.45) is 4.67. The van der Waals surface area contributed by atoms with Gasteiger partial charge in [-0.05, 0) is 25.3 Å². The number of anilines is 1. The normalized spacial score (nSPS) is 21.3. The Morgan fingerprint density at radius 1 is 1.60 bits per heavy atom. The van der Waals surface area contributed by atoms with Crippen LogP contribution in [0.15, 0.2) is 17.1 Å². The minimum absolute atomic E-state index is 0.135. The average Bonchev–Trinajstić information content (AvgIpc) is 2.30. The summed E-state index contributed by atoms with van der Waals surface area (Å²) in [6.45, 7) is 0.727. The van der Waals surface area contributed by atoms with Crippen molar-refractivity contribution in [3.05, 3.63) is 22.7 Å². The molecule has 1 aliphatic rings. The first-order valence-corrected chi connectivity index (χ1v) is 5.20. The van der Waals surface area contributed by atoms with Crippen LogP contribution in [-0.4, -0.2) is 23.2 Å². The van der Waals surface area contributed by atoms with E-state index in [0.717, 1.165) is 25.9 Å². The minimum atomic E-state index is -0.256. The summed E-state index contributed by atoms with van der Waals surface area (Å²) < 4.78 is 7.08. The fourth-order valence-corrected chi connectivity index (χ4v) is 1.71. The molecule has 1 aliphatic heterocycles. The number of ether oxygens (including phenoxy) is 1. The summed E-state index contributed by atoms with van der Waals surface area (Å²) in [5, 5.41) is 2.83. The molecule has 1 unspecified atom stereocenters. The van der Waals surface area contributed by atoms with E-state index in [4.69, 9.17) is 4.74 Å². The molecule has 5 nitrogen and oxygen atoms in total. The molecule has 0 amide bonds. The Morgan fingerprint density at radius 2 is 2.47 bits per heavy atom. The molecule has 0 aliphatic carbocycles. The highest BCUT2D eigenvalue weighted by Gasteiger charge is 2.16. The highest BCUT2D eigenvalue weighted by atomic mass is 16.5. The quantitative estimate of drug-likeness (QED) is 0.789. The van der Waals surface area contributed by atoms with Gasteiger partial charge in [-0.15, -0.1) is 0 Å². The van der Waals surface area contributed by atoms with Crippen LogP contribution in [0, 0.1) is 0 Å². The first-order valence-electron chi connectivity index (χ1n) is 5.20. The zero-order valence-electron chi connectivity index (χ0n) is 8.77. The van der Waals surface area contributed by atoms with Crippen molar-refractivity contribution >= 4 is 5.82 Å². The van der Waals surface area contributed by atoms with Gasteiger partial charge >= 0.3 is 5.69 Å². The van der Waals surface area contributed by atoms with Gasteiger partial charge < -0.3 is 10.1 Å². The molecule has 2 rings (SSSR count). The molecular weight excluding hydrogens is 194 g/mol. The van der Waals surface area contributed by atoms with Crippen molar-refractivity contribution < 1.29 is 4.74 Å². The third kappa shape index (κ3) is 2.18. The number of hydrogen-bond acceptors (Lipinski definition) is 4. The summed E-state index contributed by atoms with van der Waals surface area (Å²) in [5.74, 6) is 0.590. The molecule has 0 radical (unpaired) electrons. The van der Waals surface area contributed by atoms with Crippen molar-refractivity contribution in [1.82, 2.24) is 9.55 Å². The second kappa shape index (κ2) is 4.44. The van der Waals surface area contributed by atoms with Crippen LogP contribution in [0.3, 0.4) is 0 Å². The van der Waals surface area contributed by atoms with Crippen molar-refractivity contribution in [1.29, 1.82) is 0 Å². The predicted octanol–water partition coefficient (Wildman–Crippen LogP) is 0.984. The van der Waals surface area contributed by atoms with Crippen LogP contribution in [-0.2, 0) is 4.74 Å². The summed E-state index contributed by atoms with van der Waals surface area (Å²) in [5.41, 5.74) is -0.256. The molecule has 0 bridgehead atoms. The van der Waals surface area contributed by atoms with Crippen molar-refractivity contribution in [2.45, 2.75) is 25.5 Å². The van der Waals surface area contributed by atoms with Gasteiger partial charge in [0.15, 0.2) is 0 Å². The van der Waals surface area contributed by atoms with Crippen molar-refractivity contribution in [2.24, 2.45) is 0 Å². The largest absolute Gasteiger partial charge is 0.373 e. The summed E-state index contributed by atoms with van der Waals surface area (Å²) in [6, 6.07) is 1.78. The first kappa shape index (κ1) is 10.2. The van der Waals surface area contributed by atoms with Crippen molar-refractivity contribution in [2.75, 3.05) is 19.0 Å². The maximum atomic E-state index is 11.6. The van der Waals surface area contributed by atoms with Crippen molar-refractivity contribution in [3.8, 4) is 0 Å². The fourth-order valence-electron chi connectivity index (χ4n) is 1.71. The van der Waals surface area contributed by atoms with E-state index in [1.54, 1.807) is 23.9 Å². The van der Waals surface area contributed by atoms with Gasteiger partial charge in [-0.1, -0.05) is 0 Å². The van der Waals surface area contributed by atoms with Gasteiger partial charge in [-0.25, -0.2) is 4.79 Å². The van der Waals surface area contributed by atoms with E-state index in [1.165, 1.54) is 0 Å². The maximum absolute atomic E-state index is 11.6. The Morgan fingerprint density at radius 3 is 3.07 bits per heavy atom. The number of hydrogen-bond donors (Lipinski definition) is 1. The molecule has 1 fully saturated rings. The van der Waals surface area contributed by atoms with Crippen LogP contribution in [0.1, 0.15) is 25.5 Å². The Hall–Kier alpha value is -1.36. The maximum Gasteiger partial charge on any atom is 0.351 e. The standard InChI is InChI=1S/C10H15N3O2/c1-11-8-5-6-13(10(14)12-8)9-4-2-3-7-15-9/h5-6,9H,2-4,7H2,1H3,(H,11,12,14). The third-order valence-electron chi connectivity index (χ3n) is 2.55. The lowest BCUT2D eigenvalue weighted by Gasteiger charge is -2.23. The number of aromatic nitrogens is 2. The first-order chi connectivity index (χ1) is 7.31. The lowest BCUT2D eigenvalue weighted by molar-refractivity contribution is -0.0348. The average molecular weight is 209 g/mol. The van der Waals surface area contributed by atoms with E-state index in [9.17, 15) is 4.79 Å². The van der Waals surface area contributed by atoms with Gasteiger partial charge in [0, 0.05) is 19.9 Å². The van der Waals surface area contributed by atoms with Crippen LogP contribution in [0.2, 0.25) is 0 Å². The molecule has 1 atom stereocenters. The fraction of sp³-hybridized carbons (Fsp3) is 0.600. The van der Waals surface area contributed by atoms with E-state index in [2.05, 4.69) is 10.3 Å². The molecule has 15 heavy (non-hydrogen) atoms. The van der Waals surface area contributed by atoms with E-state index < -0.39 is 0 Å². The number of nitrogens with zero attached hydrogens (tertiary/aromatic N) is 2. The Balaban J connectivity index is 2.24. The molecule has 2 heterocycles. The van der Waals surface area contributed by atoms with Crippen LogP contribution in [0.4, 0.5) is 5.82 Å². The molecule has 5 heteroatoms. The van der Waals surface area contributed by atoms with Gasteiger partial charge in [0.2, 0.25) is 0 Å². The van der Waals surface area contributed by atoms with E-state index in [1.807, 2.05) is 0 Å². The molecule has 0 aromatic carbocycles.